The maximum atomic E-state index is 14.7. The molecular formula is C33H34FN5O4S. The smallest absolute Gasteiger partial charge is 0.308 e. The summed E-state index contributed by atoms with van der Waals surface area (Å²) in [5.41, 5.74) is 2.71. The zero-order chi connectivity index (χ0) is 30.9. The number of benzene rings is 1. The highest BCUT2D eigenvalue weighted by Gasteiger charge is 2.47. The first-order valence-corrected chi connectivity index (χ1v) is 16.5. The monoisotopic (exact) mass is 615 g/mol. The molecule has 2 N–H and O–H groups in total. The number of anilines is 1. The van der Waals surface area contributed by atoms with Gasteiger partial charge in [-0.15, -0.1) is 0 Å². The normalized spacial score (nSPS) is 21.8. The molecule has 0 amide bonds. The number of carbonyl (C=O) groups is 1. The van der Waals surface area contributed by atoms with Crippen molar-refractivity contribution in [2.24, 2.45) is 17.8 Å². The van der Waals surface area contributed by atoms with Gasteiger partial charge in [-0.1, -0.05) is 17.7 Å². The van der Waals surface area contributed by atoms with Crippen LogP contribution < -0.4 is 5.32 Å². The molecule has 2 atom stereocenters. The first-order chi connectivity index (χ1) is 21.0. The highest BCUT2D eigenvalue weighted by Crippen LogP contribution is 2.47. The number of carboxylic acids is 1. The fourth-order valence-electron chi connectivity index (χ4n) is 7.29. The molecule has 3 fully saturated rings. The summed E-state index contributed by atoms with van der Waals surface area (Å²) >= 11 is 0. The molecule has 2 unspecified atom stereocenters. The lowest BCUT2D eigenvalue weighted by Crippen LogP contribution is -2.51. The van der Waals surface area contributed by atoms with Crippen LogP contribution in [0.5, 0.6) is 0 Å². The molecule has 0 aliphatic heterocycles. The number of aliphatic carboxylic acids is 1. The van der Waals surface area contributed by atoms with Crippen molar-refractivity contribution in [1.82, 2.24) is 18.5 Å². The second-order valence-electron chi connectivity index (χ2n) is 12.5. The van der Waals surface area contributed by atoms with Crippen LogP contribution in [0.4, 0.5) is 10.2 Å². The molecule has 0 spiro atoms. The van der Waals surface area contributed by atoms with E-state index < -0.39 is 27.7 Å². The zero-order valence-corrected chi connectivity index (χ0v) is 25.6. The van der Waals surface area contributed by atoms with E-state index in [1.807, 2.05) is 25.3 Å². The minimum Gasteiger partial charge on any atom is -0.481 e. The van der Waals surface area contributed by atoms with Gasteiger partial charge in [-0.3, -0.25) is 4.79 Å². The summed E-state index contributed by atoms with van der Waals surface area (Å²) in [5.74, 6) is -1.05. The number of aromatic nitrogens is 4. The summed E-state index contributed by atoms with van der Waals surface area (Å²) in [6.45, 7) is 6.00. The lowest BCUT2D eigenvalue weighted by atomic mass is 9.61. The van der Waals surface area contributed by atoms with E-state index in [1.165, 1.54) is 24.4 Å². The number of pyridine rings is 2. The molecule has 2 bridgehead atoms. The van der Waals surface area contributed by atoms with E-state index in [4.69, 9.17) is 4.98 Å². The van der Waals surface area contributed by atoms with Crippen molar-refractivity contribution >= 4 is 43.7 Å². The van der Waals surface area contributed by atoms with Gasteiger partial charge >= 0.3 is 5.97 Å². The summed E-state index contributed by atoms with van der Waals surface area (Å²) in [4.78, 5) is 21.7. The van der Waals surface area contributed by atoms with Crippen LogP contribution in [0.2, 0.25) is 0 Å². The Kier molecular flexibility index (Phi) is 6.76. The van der Waals surface area contributed by atoms with E-state index in [1.54, 1.807) is 12.1 Å². The van der Waals surface area contributed by atoms with Crippen molar-refractivity contribution in [3.05, 3.63) is 72.4 Å². The van der Waals surface area contributed by atoms with Gasteiger partial charge in [-0.2, -0.15) is 0 Å². The van der Waals surface area contributed by atoms with E-state index in [0.29, 0.717) is 22.5 Å². The lowest BCUT2D eigenvalue weighted by Gasteiger charge is -2.47. The number of halogens is 1. The third kappa shape index (κ3) is 4.56. The molecule has 228 valence electrons. The van der Waals surface area contributed by atoms with Crippen molar-refractivity contribution < 1.29 is 22.7 Å². The molecule has 4 heterocycles. The van der Waals surface area contributed by atoms with Gasteiger partial charge in [-0.25, -0.2) is 26.7 Å². The van der Waals surface area contributed by atoms with Crippen LogP contribution in [-0.4, -0.2) is 44.0 Å². The highest BCUT2D eigenvalue weighted by atomic mass is 32.2. The van der Waals surface area contributed by atoms with Gasteiger partial charge < -0.3 is 15.0 Å². The second-order valence-corrected chi connectivity index (χ2v) is 14.3. The predicted molar refractivity (Wildman–Crippen MR) is 167 cm³/mol. The van der Waals surface area contributed by atoms with Gasteiger partial charge in [0.15, 0.2) is 5.65 Å². The van der Waals surface area contributed by atoms with Crippen LogP contribution in [-0.2, 0) is 14.8 Å². The molecule has 11 heteroatoms. The van der Waals surface area contributed by atoms with Crippen molar-refractivity contribution in [1.29, 1.82) is 0 Å². The Labute approximate surface area is 254 Å². The standard InChI is InChI=1S/C33H34FN5O4S/c1-18(2)38-13-12-24-28(38)15-27(36-31(24)37-30-21-8-6-20(7-9-21)29(30)33(40)41)26-17-39(32-25(26)14-22(34)16-35-32)44(42,43)23-10-4-19(3)5-11-23/h4-5,10-18,20-21,29-30H,6-9H2,1-3H3,(H,36,37)(H,40,41). The molecule has 8 rings (SSSR count). The number of carboxylic acid groups (broad SMARTS) is 1. The van der Waals surface area contributed by atoms with Crippen LogP contribution >= 0.6 is 0 Å². The zero-order valence-electron chi connectivity index (χ0n) is 24.7. The van der Waals surface area contributed by atoms with Crippen molar-refractivity contribution in [2.75, 3.05) is 5.32 Å². The molecule has 1 aromatic carbocycles. The number of nitrogens with zero attached hydrogens (tertiary/aromatic N) is 4. The van der Waals surface area contributed by atoms with E-state index in [9.17, 15) is 22.7 Å². The van der Waals surface area contributed by atoms with Crippen LogP contribution in [0.3, 0.4) is 0 Å². The van der Waals surface area contributed by atoms with E-state index in [-0.39, 0.29) is 34.5 Å². The summed E-state index contributed by atoms with van der Waals surface area (Å²) in [5, 5.41) is 14.9. The van der Waals surface area contributed by atoms with Gasteiger partial charge in [0.25, 0.3) is 10.0 Å². The Morgan fingerprint density at radius 3 is 2.43 bits per heavy atom. The molecule has 4 aromatic heterocycles. The average molecular weight is 616 g/mol. The van der Waals surface area contributed by atoms with Crippen molar-refractivity contribution in [3.8, 4) is 11.3 Å². The molecule has 9 nitrogen and oxygen atoms in total. The van der Waals surface area contributed by atoms with Gasteiger partial charge in [-0.05, 0) is 88.6 Å². The van der Waals surface area contributed by atoms with E-state index >= 15 is 0 Å². The Bertz CT molecular complexity index is 2020. The van der Waals surface area contributed by atoms with Crippen molar-refractivity contribution in [2.45, 2.75) is 63.4 Å². The lowest BCUT2D eigenvalue weighted by molar-refractivity contribution is -0.148. The maximum absolute atomic E-state index is 14.7. The third-order valence-electron chi connectivity index (χ3n) is 9.51. The number of nitrogens with one attached hydrogen (secondary N) is 1. The summed E-state index contributed by atoms with van der Waals surface area (Å²) in [7, 11) is -4.07. The quantitative estimate of drug-likeness (QED) is 0.211. The second kappa shape index (κ2) is 10.4. The Morgan fingerprint density at radius 1 is 1.05 bits per heavy atom. The fraction of sp³-hybridized carbons (Fsp3) is 0.364. The number of aryl methyl sites for hydroxylation is 1. The number of hydrogen-bond donors (Lipinski definition) is 2. The summed E-state index contributed by atoms with van der Waals surface area (Å²) in [6.07, 6.45) is 8.20. The SMILES string of the molecule is Cc1ccc(S(=O)(=O)n2cc(-c3cc4c(ccn4C(C)C)c(NC4C5CCC(CC5)C4C(=O)O)n3)c3cc(F)cnc32)cc1. The largest absolute Gasteiger partial charge is 0.481 e. The minimum atomic E-state index is -4.07. The molecule has 3 aliphatic carbocycles. The van der Waals surface area contributed by atoms with Crippen LogP contribution in [0.1, 0.15) is 51.1 Å². The Morgan fingerprint density at radius 2 is 1.75 bits per heavy atom. The highest BCUT2D eigenvalue weighted by molar-refractivity contribution is 7.90. The predicted octanol–water partition coefficient (Wildman–Crippen LogP) is 6.62. The van der Waals surface area contributed by atoms with Gasteiger partial charge in [0.05, 0.1) is 28.2 Å². The van der Waals surface area contributed by atoms with Crippen LogP contribution in [0, 0.1) is 30.5 Å². The van der Waals surface area contributed by atoms with Crippen LogP contribution in [0.15, 0.2) is 66.0 Å². The molecule has 5 aromatic rings. The Balaban J connectivity index is 1.43. The van der Waals surface area contributed by atoms with Gasteiger partial charge in [0.1, 0.15) is 11.6 Å². The van der Waals surface area contributed by atoms with E-state index in [2.05, 4.69) is 28.7 Å². The first kappa shape index (κ1) is 28.5. The number of hydrogen-bond acceptors (Lipinski definition) is 6. The molecule has 3 aliphatic rings. The van der Waals surface area contributed by atoms with E-state index in [0.717, 1.165) is 52.3 Å². The maximum Gasteiger partial charge on any atom is 0.308 e. The topological polar surface area (TPSA) is 119 Å². The average Bonchev–Trinajstić information content (AvgIpc) is 3.60. The minimum absolute atomic E-state index is 0.0872. The fourth-order valence-corrected chi connectivity index (χ4v) is 8.61. The number of fused-ring (bicyclic) bond motifs is 5. The third-order valence-corrected chi connectivity index (χ3v) is 11.2. The van der Waals surface area contributed by atoms with Gasteiger partial charge in [0.2, 0.25) is 0 Å². The molecular weight excluding hydrogens is 581 g/mol. The first-order valence-electron chi connectivity index (χ1n) is 15.0. The Hall–Kier alpha value is -4.25. The van der Waals surface area contributed by atoms with Crippen LogP contribution in [0.25, 0.3) is 33.2 Å². The summed E-state index contributed by atoms with van der Waals surface area (Å²) in [6, 6.07) is 11.5. The van der Waals surface area contributed by atoms with Gasteiger partial charge in [0, 0.05) is 40.8 Å². The molecule has 0 radical (unpaired) electrons. The molecule has 0 saturated heterocycles. The van der Waals surface area contributed by atoms with Crippen molar-refractivity contribution in [3.63, 3.8) is 0 Å². The molecule has 44 heavy (non-hydrogen) atoms. The molecule has 3 saturated carbocycles. The number of rotatable bonds is 7. The summed E-state index contributed by atoms with van der Waals surface area (Å²) < 4.78 is 45.5.